The minimum atomic E-state index is -0.649. The molecular formula is C17H28IN3O. The molecule has 4 nitrogen and oxygen atoms in total. The second kappa shape index (κ2) is 8.72. The van der Waals surface area contributed by atoms with Gasteiger partial charge in [0.25, 0.3) is 0 Å². The van der Waals surface area contributed by atoms with E-state index in [0.717, 1.165) is 44.2 Å². The van der Waals surface area contributed by atoms with Crippen LogP contribution >= 0.6 is 24.0 Å². The summed E-state index contributed by atoms with van der Waals surface area (Å²) in [6.07, 6.45) is 5.72. The van der Waals surface area contributed by atoms with Crippen LogP contribution in [0.5, 0.6) is 0 Å². The molecule has 4 N–H and O–H groups in total. The number of nitrogens with one attached hydrogen (secondary N) is 1. The van der Waals surface area contributed by atoms with E-state index in [1.165, 1.54) is 11.1 Å². The van der Waals surface area contributed by atoms with Crippen LogP contribution in [-0.4, -0.2) is 23.2 Å². The lowest BCUT2D eigenvalue weighted by atomic mass is 10.0. The van der Waals surface area contributed by atoms with Gasteiger partial charge >= 0.3 is 0 Å². The molecule has 22 heavy (non-hydrogen) atoms. The molecule has 0 unspecified atom stereocenters. The van der Waals surface area contributed by atoms with Crippen molar-refractivity contribution in [1.29, 1.82) is 0 Å². The molecule has 0 aromatic heterocycles. The van der Waals surface area contributed by atoms with Crippen LogP contribution in [0.1, 0.15) is 50.7 Å². The average molecular weight is 417 g/mol. The van der Waals surface area contributed by atoms with Crippen molar-refractivity contribution in [1.82, 2.24) is 0 Å². The summed E-state index contributed by atoms with van der Waals surface area (Å²) in [5, 5.41) is 13.6. The van der Waals surface area contributed by atoms with Crippen molar-refractivity contribution in [2.24, 2.45) is 10.7 Å². The van der Waals surface area contributed by atoms with Crippen molar-refractivity contribution in [3.8, 4) is 0 Å². The van der Waals surface area contributed by atoms with Gasteiger partial charge in [-0.1, -0.05) is 44.9 Å². The average Bonchev–Trinajstić information content (AvgIpc) is 2.93. The van der Waals surface area contributed by atoms with Gasteiger partial charge in [0.05, 0.1) is 12.1 Å². The number of hydrogen-bond acceptors (Lipinski definition) is 2. The number of guanidine groups is 1. The highest BCUT2D eigenvalue weighted by atomic mass is 127. The zero-order valence-electron chi connectivity index (χ0n) is 13.6. The Morgan fingerprint density at radius 1 is 1.23 bits per heavy atom. The summed E-state index contributed by atoms with van der Waals surface area (Å²) in [6.45, 7) is 4.66. The monoisotopic (exact) mass is 417 g/mol. The molecule has 0 heterocycles. The fourth-order valence-corrected chi connectivity index (χ4v) is 2.99. The molecule has 5 heteroatoms. The number of rotatable bonds is 5. The molecule has 0 aliphatic heterocycles. The summed E-state index contributed by atoms with van der Waals surface area (Å²) >= 11 is 0. The SMILES string of the molecule is CCc1cccc(CC)c1NC(N)=NCC1(O)CCCC1.I. The molecule has 0 spiro atoms. The molecule has 1 saturated carbocycles. The van der Waals surface area contributed by atoms with Gasteiger partial charge in [0.2, 0.25) is 0 Å². The second-order valence-corrected chi connectivity index (χ2v) is 5.92. The maximum Gasteiger partial charge on any atom is 0.193 e. The van der Waals surface area contributed by atoms with Crippen LogP contribution < -0.4 is 11.1 Å². The van der Waals surface area contributed by atoms with E-state index in [1.807, 2.05) is 0 Å². The third kappa shape index (κ3) is 4.84. The van der Waals surface area contributed by atoms with Crippen LogP contribution in [0.25, 0.3) is 0 Å². The van der Waals surface area contributed by atoms with E-state index in [1.54, 1.807) is 0 Å². The minimum absolute atomic E-state index is 0. The summed E-state index contributed by atoms with van der Waals surface area (Å²) < 4.78 is 0. The highest BCUT2D eigenvalue weighted by Crippen LogP contribution is 2.29. The zero-order valence-corrected chi connectivity index (χ0v) is 15.9. The van der Waals surface area contributed by atoms with Gasteiger partial charge in [-0.15, -0.1) is 24.0 Å². The highest BCUT2D eigenvalue weighted by Gasteiger charge is 2.30. The molecule has 124 valence electrons. The quantitative estimate of drug-likeness (QED) is 0.391. The van der Waals surface area contributed by atoms with Crippen molar-refractivity contribution < 1.29 is 5.11 Å². The molecule has 1 aliphatic rings. The Bertz CT molecular complexity index is 488. The number of hydrogen-bond donors (Lipinski definition) is 3. The van der Waals surface area contributed by atoms with Gasteiger partial charge in [-0.2, -0.15) is 0 Å². The number of nitrogens with two attached hydrogens (primary N) is 1. The molecule has 0 saturated heterocycles. The predicted octanol–water partition coefficient (Wildman–Crippen LogP) is 3.46. The Morgan fingerprint density at radius 2 is 1.77 bits per heavy atom. The first-order valence-electron chi connectivity index (χ1n) is 7.98. The van der Waals surface area contributed by atoms with E-state index < -0.39 is 5.60 Å². The third-order valence-corrected chi connectivity index (χ3v) is 4.33. The lowest BCUT2D eigenvalue weighted by molar-refractivity contribution is 0.0575. The summed E-state index contributed by atoms with van der Waals surface area (Å²) in [7, 11) is 0. The molecule has 1 aromatic carbocycles. The fraction of sp³-hybridized carbons (Fsp3) is 0.588. The largest absolute Gasteiger partial charge is 0.388 e. The molecule has 0 amide bonds. The van der Waals surface area contributed by atoms with Crippen molar-refractivity contribution in [3.05, 3.63) is 29.3 Å². The van der Waals surface area contributed by atoms with Crippen LogP contribution in [0.15, 0.2) is 23.2 Å². The molecule has 0 atom stereocenters. The number of nitrogens with zero attached hydrogens (tertiary/aromatic N) is 1. The first-order chi connectivity index (χ1) is 10.1. The molecule has 2 rings (SSSR count). The molecule has 1 aliphatic carbocycles. The smallest absolute Gasteiger partial charge is 0.193 e. The van der Waals surface area contributed by atoms with E-state index in [4.69, 9.17) is 5.73 Å². The Labute approximate surface area is 150 Å². The van der Waals surface area contributed by atoms with E-state index in [2.05, 4.69) is 42.4 Å². The number of anilines is 1. The van der Waals surface area contributed by atoms with E-state index >= 15 is 0 Å². The van der Waals surface area contributed by atoms with E-state index in [9.17, 15) is 5.11 Å². The molecule has 0 radical (unpaired) electrons. The summed E-state index contributed by atoms with van der Waals surface area (Å²) in [5.41, 5.74) is 8.93. The van der Waals surface area contributed by atoms with Crippen LogP contribution in [0.2, 0.25) is 0 Å². The molecular weight excluding hydrogens is 389 g/mol. The van der Waals surface area contributed by atoms with Crippen molar-refractivity contribution >= 4 is 35.6 Å². The van der Waals surface area contributed by atoms with Crippen LogP contribution in [0.3, 0.4) is 0 Å². The number of aliphatic imine (C=N–C) groups is 1. The fourth-order valence-electron chi connectivity index (χ4n) is 2.99. The number of benzene rings is 1. The van der Waals surface area contributed by atoms with E-state index in [-0.39, 0.29) is 24.0 Å². The van der Waals surface area contributed by atoms with Crippen molar-refractivity contribution in [2.45, 2.75) is 58.0 Å². The maximum absolute atomic E-state index is 10.3. The zero-order chi connectivity index (χ0) is 15.3. The lowest BCUT2D eigenvalue weighted by Gasteiger charge is -2.20. The Morgan fingerprint density at radius 3 is 2.27 bits per heavy atom. The summed E-state index contributed by atoms with van der Waals surface area (Å²) in [5.74, 6) is 0.394. The molecule has 0 bridgehead atoms. The van der Waals surface area contributed by atoms with Gasteiger partial charge in [0.15, 0.2) is 5.96 Å². The van der Waals surface area contributed by atoms with Crippen LogP contribution in [0, 0.1) is 0 Å². The number of aliphatic hydroxyl groups is 1. The first kappa shape index (κ1) is 19.2. The lowest BCUT2D eigenvalue weighted by Crippen LogP contribution is -2.32. The van der Waals surface area contributed by atoms with Crippen LogP contribution in [-0.2, 0) is 12.8 Å². The second-order valence-electron chi connectivity index (χ2n) is 5.92. The predicted molar refractivity (Wildman–Crippen MR) is 104 cm³/mol. The topological polar surface area (TPSA) is 70.6 Å². The Kier molecular flexibility index (Phi) is 7.62. The molecule has 1 fully saturated rings. The molecule has 1 aromatic rings. The van der Waals surface area contributed by atoms with Gasteiger partial charge < -0.3 is 16.2 Å². The normalized spacial score (nSPS) is 17.1. The first-order valence-corrected chi connectivity index (χ1v) is 7.98. The number of halogens is 1. The standard InChI is InChI=1S/C17H27N3O.HI/c1-3-13-8-7-9-14(4-2)15(13)20-16(18)19-12-17(21)10-5-6-11-17;/h7-9,21H,3-6,10-12H2,1-2H3,(H3,18,19,20);1H. The maximum atomic E-state index is 10.3. The van der Waals surface area contributed by atoms with Gasteiger partial charge in [0, 0.05) is 5.69 Å². The van der Waals surface area contributed by atoms with E-state index in [0.29, 0.717) is 12.5 Å². The highest BCUT2D eigenvalue weighted by molar-refractivity contribution is 14.0. The summed E-state index contributed by atoms with van der Waals surface area (Å²) in [4.78, 5) is 4.36. The van der Waals surface area contributed by atoms with Gasteiger partial charge in [-0.05, 0) is 36.8 Å². The number of aryl methyl sites for hydroxylation is 2. The number of para-hydroxylation sites is 1. The van der Waals surface area contributed by atoms with Crippen molar-refractivity contribution in [3.63, 3.8) is 0 Å². The Balaban J connectivity index is 0.00000242. The van der Waals surface area contributed by atoms with Gasteiger partial charge in [-0.25, -0.2) is 0 Å². The third-order valence-electron chi connectivity index (χ3n) is 4.33. The van der Waals surface area contributed by atoms with Gasteiger partial charge in [-0.3, -0.25) is 4.99 Å². The van der Waals surface area contributed by atoms with Gasteiger partial charge in [0.1, 0.15) is 0 Å². The van der Waals surface area contributed by atoms with Crippen LogP contribution in [0.4, 0.5) is 5.69 Å². The minimum Gasteiger partial charge on any atom is -0.388 e. The van der Waals surface area contributed by atoms with Crippen molar-refractivity contribution in [2.75, 3.05) is 11.9 Å². The summed E-state index contributed by atoms with van der Waals surface area (Å²) in [6, 6.07) is 6.30. The Hall–Kier alpha value is -0.820.